The van der Waals surface area contributed by atoms with E-state index in [4.69, 9.17) is 10.2 Å². The van der Waals surface area contributed by atoms with Crippen LogP contribution in [-0.4, -0.2) is 39.8 Å². The summed E-state index contributed by atoms with van der Waals surface area (Å²) in [5.41, 5.74) is 0. The van der Waals surface area contributed by atoms with E-state index in [9.17, 15) is 9.59 Å². The topological polar surface area (TPSA) is 112 Å². The molecule has 1 aromatic rings. The summed E-state index contributed by atoms with van der Waals surface area (Å²) in [5.74, 6) is -1.30. The van der Waals surface area contributed by atoms with Gasteiger partial charge in [0.25, 0.3) is 0 Å². The van der Waals surface area contributed by atoms with E-state index < -0.39 is 18.1 Å². The van der Waals surface area contributed by atoms with Crippen molar-refractivity contribution >= 4 is 23.3 Å². The molecule has 0 spiro atoms. The van der Waals surface area contributed by atoms with Crippen LogP contribution in [0.5, 0.6) is 0 Å². The van der Waals surface area contributed by atoms with Crippen LogP contribution in [0, 0.1) is 6.92 Å². The summed E-state index contributed by atoms with van der Waals surface area (Å²) in [6.45, 7) is 3.83. The molecule has 0 saturated heterocycles. The number of urea groups is 1. The van der Waals surface area contributed by atoms with Crippen molar-refractivity contribution in [1.29, 1.82) is 0 Å². The van der Waals surface area contributed by atoms with Crippen LogP contribution >= 0.6 is 11.3 Å². The van der Waals surface area contributed by atoms with Gasteiger partial charge in [0.15, 0.2) is 6.10 Å². The number of aliphatic hydroxyl groups is 1. The predicted octanol–water partition coefficient (Wildman–Crippen LogP) is 0.647. The number of nitrogens with zero attached hydrogens (tertiary/aromatic N) is 1. The number of carboxylic acid groups (broad SMARTS) is 1. The largest absolute Gasteiger partial charge is 0.479 e. The van der Waals surface area contributed by atoms with Gasteiger partial charge in [-0.25, -0.2) is 14.6 Å². The summed E-state index contributed by atoms with van der Waals surface area (Å²) < 4.78 is 0. The molecule has 2 unspecified atom stereocenters. The quantitative estimate of drug-likeness (QED) is 0.613. The van der Waals surface area contributed by atoms with Gasteiger partial charge in [0.05, 0.1) is 6.04 Å². The maximum absolute atomic E-state index is 11.5. The van der Waals surface area contributed by atoms with Gasteiger partial charge < -0.3 is 20.8 Å². The molecule has 7 nitrogen and oxygen atoms in total. The lowest BCUT2D eigenvalue weighted by atomic mass is 10.2. The minimum atomic E-state index is -1.46. The fourth-order valence-corrected chi connectivity index (χ4v) is 2.10. The van der Waals surface area contributed by atoms with Gasteiger partial charge in [0, 0.05) is 24.0 Å². The minimum Gasteiger partial charge on any atom is -0.479 e. The number of hydrogen-bond acceptors (Lipinski definition) is 5. The van der Waals surface area contributed by atoms with E-state index in [1.807, 2.05) is 13.8 Å². The van der Waals surface area contributed by atoms with Gasteiger partial charge in [-0.15, -0.1) is 11.3 Å². The number of nitrogens with one attached hydrogen (secondary N) is 2. The summed E-state index contributed by atoms with van der Waals surface area (Å²) in [4.78, 5) is 27.1. The second-order valence-corrected chi connectivity index (χ2v) is 5.34. The van der Waals surface area contributed by atoms with Gasteiger partial charge in [-0.05, 0) is 13.8 Å². The van der Waals surface area contributed by atoms with Crippen LogP contribution in [0.15, 0.2) is 6.20 Å². The van der Waals surface area contributed by atoms with Crippen LogP contribution in [0.4, 0.5) is 4.79 Å². The molecule has 0 aliphatic rings. The highest BCUT2D eigenvalue weighted by molar-refractivity contribution is 7.11. The summed E-state index contributed by atoms with van der Waals surface area (Å²) in [6, 6.07) is -0.638. The Morgan fingerprint density at radius 3 is 2.74 bits per heavy atom. The summed E-state index contributed by atoms with van der Waals surface area (Å²) in [6.07, 6.45) is 0.242. The molecule has 1 heterocycles. The molecule has 1 rings (SSSR count). The normalized spacial score (nSPS) is 13.6. The number of aryl methyl sites for hydroxylation is 1. The molecule has 0 aliphatic heterocycles. The third-order valence-corrected chi connectivity index (χ3v) is 3.44. The molecule has 0 bridgehead atoms. The third-order valence-electron chi connectivity index (χ3n) is 2.35. The first-order chi connectivity index (χ1) is 8.90. The van der Waals surface area contributed by atoms with Gasteiger partial charge in [-0.2, -0.15) is 0 Å². The molecule has 0 radical (unpaired) electrons. The van der Waals surface area contributed by atoms with Crippen molar-refractivity contribution in [3.63, 3.8) is 0 Å². The first-order valence-electron chi connectivity index (χ1n) is 5.77. The molecule has 8 heteroatoms. The van der Waals surface area contributed by atoms with Gasteiger partial charge in [0.1, 0.15) is 5.01 Å². The SMILES string of the molecule is Cc1cnc(C(C)NC(=O)NCCC(O)C(=O)O)s1. The Morgan fingerprint density at radius 1 is 1.53 bits per heavy atom. The highest BCUT2D eigenvalue weighted by atomic mass is 32.1. The molecule has 1 aromatic heterocycles. The first kappa shape index (κ1) is 15.4. The van der Waals surface area contributed by atoms with E-state index in [2.05, 4.69) is 15.6 Å². The highest BCUT2D eigenvalue weighted by Crippen LogP contribution is 2.18. The molecular weight excluding hydrogens is 270 g/mol. The van der Waals surface area contributed by atoms with E-state index in [1.165, 1.54) is 11.3 Å². The van der Waals surface area contributed by atoms with E-state index in [1.54, 1.807) is 6.20 Å². The molecule has 0 saturated carbocycles. The Bertz CT molecular complexity index is 449. The van der Waals surface area contributed by atoms with E-state index in [0.29, 0.717) is 0 Å². The van der Waals surface area contributed by atoms with Gasteiger partial charge in [0.2, 0.25) is 0 Å². The second kappa shape index (κ2) is 7.05. The summed E-state index contributed by atoms with van der Waals surface area (Å²) in [5, 5.41) is 23.4. The van der Waals surface area contributed by atoms with E-state index in [-0.39, 0.29) is 19.0 Å². The Labute approximate surface area is 114 Å². The Morgan fingerprint density at radius 2 is 2.21 bits per heavy atom. The second-order valence-electron chi connectivity index (χ2n) is 4.07. The number of aromatic nitrogens is 1. The molecule has 2 atom stereocenters. The zero-order chi connectivity index (χ0) is 14.4. The number of carboxylic acids is 1. The Balaban J connectivity index is 2.29. The van der Waals surface area contributed by atoms with Crippen molar-refractivity contribution in [2.75, 3.05) is 6.54 Å². The van der Waals surface area contributed by atoms with Crippen molar-refractivity contribution in [2.45, 2.75) is 32.4 Å². The van der Waals surface area contributed by atoms with Crippen LogP contribution in [0.3, 0.4) is 0 Å². The van der Waals surface area contributed by atoms with Gasteiger partial charge >= 0.3 is 12.0 Å². The number of thiazole rings is 1. The Hall–Kier alpha value is -1.67. The Kier molecular flexibility index (Phi) is 5.71. The fraction of sp³-hybridized carbons (Fsp3) is 0.545. The molecule has 0 aromatic carbocycles. The zero-order valence-electron chi connectivity index (χ0n) is 10.7. The van der Waals surface area contributed by atoms with Crippen LogP contribution in [-0.2, 0) is 4.79 Å². The third kappa shape index (κ3) is 5.23. The molecule has 4 N–H and O–H groups in total. The zero-order valence-corrected chi connectivity index (χ0v) is 11.5. The number of aliphatic carboxylic acids is 1. The number of carbonyl (C=O) groups is 2. The maximum Gasteiger partial charge on any atom is 0.332 e. The van der Waals surface area contributed by atoms with Crippen molar-refractivity contribution < 1.29 is 19.8 Å². The van der Waals surface area contributed by atoms with Crippen molar-refractivity contribution in [3.8, 4) is 0 Å². The highest BCUT2D eigenvalue weighted by Gasteiger charge is 2.15. The van der Waals surface area contributed by atoms with E-state index >= 15 is 0 Å². The minimum absolute atomic E-state index is 0.0342. The number of aliphatic hydroxyl groups excluding tert-OH is 1. The van der Waals surface area contributed by atoms with Gasteiger partial charge in [-0.1, -0.05) is 0 Å². The smallest absolute Gasteiger partial charge is 0.332 e. The van der Waals surface area contributed by atoms with Crippen LogP contribution in [0.1, 0.15) is 29.3 Å². The molecule has 0 aliphatic carbocycles. The lowest BCUT2D eigenvalue weighted by Gasteiger charge is -2.12. The molecule has 19 heavy (non-hydrogen) atoms. The number of rotatable bonds is 6. The monoisotopic (exact) mass is 287 g/mol. The average molecular weight is 287 g/mol. The molecule has 0 fully saturated rings. The molecule has 2 amide bonds. The van der Waals surface area contributed by atoms with Crippen molar-refractivity contribution in [2.24, 2.45) is 0 Å². The molecule has 106 valence electrons. The summed E-state index contributed by atoms with van der Waals surface area (Å²) in [7, 11) is 0. The van der Waals surface area contributed by atoms with Crippen LogP contribution < -0.4 is 10.6 Å². The van der Waals surface area contributed by atoms with Crippen molar-refractivity contribution in [1.82, 2.24) is 15.6 Å². The standard InChI is InChI=1S/C11H17N3O4S/c1-6-5-13-9(19-6)7(2)14-11(18)12-4-3-8(15)10(16)17/h5,7-8,15H,3-4H2,1-2H3,(H,16,17)(H2,12,14,18). The number of amides is 2. The van der Waals surface area contributed by atoms with Gasteiger partial charge in [-0.3, -0.25) is 0 Å². The van der Waals surface area contributed by atoms with Crippen molar-refractivity contribution in [3.05, 3.63) is 16.1 Å². The first-order valence-corrected chi connectivity index (χ1v) is 6.59. The summed E-state index contributed by atoms with van der Waals surface area (Å²) >= 11 is 1.50. The molecular formula is C11H17N3O4S. The number of carbonyl (C=O) groups excluding carboxylic acids is 1. The van der Waals surface area contributed by atoms with Crippen LogP contribution in [0.25, 0.3) is 0 Å². The number of hydrogen-bond donors (Lipinski definition) is 4. The average Bonchev–Trinajstić information content (AvgIpc) is 2.75. The predicted molar refractivity (Wildman–Crippen MR) is 70.1 cm³/mol. The van der Waals surface area contributed by atoms with E-state index in [0.717, 1.165) is 9.88 Å². The maximum atomic E-state index is 11.5. The lowest BCUT2D eigenvalue weighted by molar-refractivity contribution is -0.146. The fourth-order valence-electron chi connectivity index (χ4n) is 1.33. The lowest BCUT2D eigenvalue weighted by Crippen LogP contribution is -2.38. The van der Waals surface area contributed by atoms with Crippen LogP contribution in [0.2, 0.25) is 0 Å².